The van der Waals surface area contributed by atoms with Crippen molar-refractivity contribution < 1.29 is 4.79 Å². The molecule has 0 atom stereocenters. The summed E-state index contributed by atoms with van der Waals surface area (Å²) in [5.41, 5.74) is 2.48. The zero-order valence-corrected chi connectivity index (χ0v) is 15.8. The Labute approximate surface area is 157 Å². The highest BCUT2D eigenvalue weighted by molar-refractivity contribution is 5.92. The molecule has 3 heterocycles. The summed E-state index contributed by atoms with van der Waals surface area (Å²) < 4.78 is 1.57. The lowest BCUT2D eigenvalue weighted by molar-refractivity contribution is 0.0450. The molecular formula is C19H24N6O2. The first-order valence-electron chi connectivity index (χ1n) is 9.41. The molecule has 8 heteroatoms. The Bertz CT molecular complexity index is 899. The Morgan fingerprint density at radius 3 is 2.67 bits per heavy atom. The molecule has 1 saturated heterocycles. The third-order valence-electron chi connectivity index (χ3n) is 5.28. The summed E-state index contributed by atoms with van der Waals surface area (Å²) in [5, 5.41) is 12.6. The Kier molecular flexibility index (Phi) is 4.63. The molecule has 0 saturated carbocycles. The summed E-state index contributed by atoms with van der Waals surface area (Å²) in [5.74, 6) is 0.843. The summed E-state index contributed by atoms with van der Waals surface area (Å²) in [7, 11) is 3.75. The number of carbonyl (C=O) groups is 1. The second-order valence-corrected chi connectivity index (χ2v) is 7.59. The van der Waals surface area contributed by atoms with Crippen LogP contribution in [0.1, 0.15) is 34.6 Å². The molecule has 0 spiro atoms. The maximum atomic E-state index is 12.5. The highest BCUT2D eigenvalue weighted by Crippen LogP contribution is 2.21. The maximum absolute atomic E-state index is 12.5. The number of carbonyl (C=O) groups excluding carboxylic acids is 1. The lowest BCUT2D eigenvalue weighted by Gasteiger charge is -2.39. The van der Waals surface area contributed by atoms with Crippen molar-refractivity contribution in [3.05, 3.63) is 45.5 Å². The minimum atomic E-state index is -0.116. The summed E-state index contributed by atoms with van der Waals surface area (Å²) in [6.07, 6.45) is 4.18. The van der Waals surface area contributed by atoms with Crippen molar-refractivity contribution in [3.8, 4) is 0 Å². The van der Waals surface area contributed by atoms with Crippen molar-refractivity contribution in [2.75, 3.05) is 32.1 Å². The standard InChI is InChI=1S/C19H24N6O2/c1-23(2)17-8-7-16(20-21-17)19(27)24-10-13(11-24)12-25-18(26)9-14-5-3-4-6-15(14)22-25/h7-9,13H,3-6,10-12H2,1-2H3. The topological polar surface area (TPSA) is 84.2 Å². The van der Waals surface area contributed by atoms with Gasteiger partial charge in [-0.3, -0.25) is 9.59 Å². The van der Waals surface area contributed by atoms with Gasteiger partial charge in [0.15, 0.2) is 11.5 Å². The monoisotopic (exact) mass is 368 g/mol. The van der Waals surface area contributed by atoms with E-state index in [1.54, 1.807) is 27.8 Å². The van der Waals surface area contributed by atoms with E-state index in [0.717, 1.165) is 36.9 Å². The third-order valence-corrected chi connectivity index (χ3v) is 5.28. The second kappa shape index (κ2) is 7.09. The van der Waals surface area contributed by atoms with Gasteiger partial charge in [-0.25, -0.2) is 4.68 Å². The van der Waals surface area contributed by atoms with Crippen LogP contribution >= 0.6 is 0 Å². The molecule has 0 unspecified atom stereocenters. The van der Waals surface area contributed by atoms with E-state index in [1.165, 1.54) is 0 Å². The Balaban J connectivity index is 1.37. The van der Waals surface area contributed by atoms with Crippen molar-refractivity contribution in [2.45, 2.75) is 32.2 Å². The molecule has 1 fully saturated rings. The lowest BCUT2D eigenvalue weighted by Crippen LogP contribution is -2.52. The number of anilines is 1. The van der Waals surface area contributed by atoms with Crippen LogP contribution in [0.5, 0.6) is 0 Å². The molecule has 142 valence electrons. The number of rotatable bonds is 4. The number of amides is 1. The SMILES string of the molecule is CN(C)c1ccc(C(=O)N2CC(Cn3nc4c(cc3=O)CCCC4)C2)nn1. The van der Waals surface area contributed by atoms with Gasteiger partial charge in [-0.15, -0.1) is 10.2 Å². The summed E-state index contributed by atoms with van der Waals surface area (Å²) in [6, 6.07) is 5.23. The van der Waals surface area contributed by atoms with E-state index >= 15 is 0 Å². The number of likely N-dealkylation sites (tertiary alicyclic amines) is 1. The van der Waals surface area contributed by atoms with Crippen molar-refractivity contribution >= 4 is 11.7 Å². The second-order valence-electron chi connectivity index (χ2n) is 7.59. The van der Waals surface area contributed by atoms with Gasteiger partial charge in [0.2, 0.25) is 0 Å². The molecule has 1 amide bonds. The van der Waals surface area contributed by atoms with Gasteiger partial charge in [-0.05, 0) is 43.4 Å². The number of hydrogen-bond acceptors (Lipinski definition) is 6. The lowest BCUT2D eigenvalue weighted by atomic mass is 9.96. The van der Waals surface area contributed by atoms with E-state index in [-0.39, 0.29) is 17.4 Å². The summed E-state index contributed by atoms with van der Waals surface area (Å²) in [4.78, 5) is 28.4. The van der Waals surface area contributed by atoms with E-state index in [4.69, 9.17) is 0 Å². The summed E-state index contributed by atoms with van der Waals surface area (Å²) in [6.45, 7) is 1.78. The van der Waals surface area contributed by atoms with Gasteiger partial charge >= 0.3 is 0 Å². The highest BCUT2D eigenvalue weighted by Gasteiger charge is 2.32. The van der Waals surface area contributed by atoms with Crippen LogP contribution in [0.4, 0.5) is 5.82 Å². The van der Waals surface area contributed by atoms with E-state index in [0.29, 0.717) is 31.1 Å². The van der Waals surface area contributed by atoms with Gasteiger partial charge in [0.05, 0.1) is 12.2 Å². The van der Waals surface area contributed by atoms with Crippen molar-refractivity contribution in [1.82, 2.24) is 24.9 Å². The van der Waals surface area contributed by atoms with Gasteiger partial charge in [0.1, 0.15) is 0 Å². The molecular weight excluding hydrogens is 344 g/mol. The minimum absolute atomic E-state index is 0.0365. The predicted molar refractivity (Wildman–Crippen MR) is 101 cm³/mol. The van der Waals surface area contributed by atoms with Crippen LogP contribution in [0.15, 0.2) is 23.0 Å². The van der Waals surface area contributed by atoms with E-state index in [9.17, 15) is 9.59 Å². The molecule has 8 nitrogen and oxygen atoms in total. The Hall–Kier alpha value is -2.77. The van der Waals surface area contributed by atoms with Crippen molar-refractivity contribution in [1.29, 1.82) is 0 Å². The van der Waals surface area contributed by atoms with Gasteiger partial charge < -0.3 is 9.80 Å². The minimum Gasteiger partial charge on any atom is -0.361 e. The molecule has 2 aromatic rings. The van der Waals surface area contributed by atoms with Gasteiger partial charge in [0, 0.05) is 39.2 Å². The number of nitrogens with zero attached hydrogens (tertiary/aromatic N) is 6. The first-order valence-corrected chi connectivity index (χ1v) is 9.41. The van der Waals surface area contributed by atoms with E-state index < -0.39 is 0 Å². The molecule has 2 aromatic heterocycles. The fraction of sp³-hybridized carbons (Fsp3) is 0.526. The molecule has 0 radical (unpaired) electrons. The molecule has 0 aromatic carbocycles. The van der Waals surface area contributed by atoms with E-state index in [1.807, 2.05) is 19.0 Å². The van der Waals surface area contributed by atoms with Crippen molar-refractivity contribution in [3.63, 3.8) is 0 Å². The zero-order chi connectivity index (χ0) is 19.0. The fourth-order valence-corrected chi connectivity index (χ4v) is 3.67. The summed E-state index contributed by atoms with van der Waals surface area (Å²) >= 11 is 0. The van der Waals surface area contributed by atoms with Crippen LogP contribution in [-0.4, -0.2) is 58.0 Å². The Morgan fingerprint density at radius 1 is 1.19 bits per heavy atom. The van der Waals surface area contributed by atoms with Crippen molar-refractivity contribution in [2.24, 2.45) is 5.92 Å². The van der Waals surface area contributed by atoms with Gasteiger partial charge in [0.25, 0.3) is 11.5 Å². The van der Waals surface area contributed by atoms with Crippen LogP contribution in [-0.2, 0) is 19.4 Å². The molecule has 1 aliphatic carbocycles. The molecule has 0 bridgehead atoms. The maximum Gasteiger partial charge on any atom is 0.274 e. The smallest absolute Gasteiger partial charge is 0.274 e. The van der Waals surface area contributed by atoms with Crippen LogP contribution < -0.4 is 10.5 Å². The Morgan fingerprint density at radius 2 is 1.96 bits per heavy atom. The fourth-order valence-electron chi connectivity index (χ4n) is 3.67. The van der Waals surface area contributed by atoms with Crippen LogP contribution in [0.25, 0.3) is 0 Å². The number of hydrogen-bond donors (Lipinski definition) is 0. The highest BCUT2D eigenvalue weighted by atomic mass is 16.2. The first-order chi connectivity index (χ1) is 13.0. The largest absolute Gasteiger partial charge is 0.361 e. The van der Waals surface area contributed by atoms with E-state index in [2.05, 4.69) is 15.3 Å². The van der Waals surface area contributed by atoms with Gasteiger partial charge in [-0.1, -0.05) is 0 Å². The zero-order valence-electron chi connectivity index (χ0n) is 15.8. The van der Waals surface area contributed by atoms with Crippen LogP contribution in [0.2, 0.25) is 0 Å². The predicted octanol–water partition coefficient (Wildman–Crippen LogP) is 0.750. The molecule has 2 aliphatic rings. The third kappa shape index (κ3) is 3.56. The average molecular weight is 368 g/mol. The van der Waals surface area contributed by atoms with Crippen LogP contribution in [0.3, 0.4) is 0 Å². The molecule has 4 rings (SSSR count). The first kappa shape index (κ1) is 17.6. The molecule has 27 heavy (non-hydrogen) atoms. The quantitative estimate of drug-likeness (QED) is 0.792. The van der Waals surface area contributed by atoms with Gasteiger partial charge in [-0.2, -0.15) is 5.10 Å². The van der Waals surface area contributed by atoms with Crippen LogP contribution in [0, 0.1) is 5.92 Å². The molecule has 1 aliphatic heterocycles. The molecule has 0 N–H and O–H groups in total. The number of fused-ring (bicyclic) bond motifs is 1. The normalized spacial score (nSPS) is 16.6. The number of aromatic nitrogens is 4. The average Bonchev–Trinajstić information content (AvgIpc) is 2.64. The number of aryl methyl sites for hydroxylation is 2.